The molecule has 2 rings (SSSR count). The van der Waals surface area contributed by atoms with E-state index in [4.69, 9.17) is 0 Å². The Hall–Kier alpha value is -1.56. The van der Waals surface area contributed by atoms with Gasteiger partial charge in [-0.2, -0.15) is 13.2 Å². The van der Waals surface area contributed by atoms with Gasteiger partial charge >= 0.3 is 6.18 Å². The van der Waals surface area contributed by atoms with Crippen LogP contribution in [-0.2, 0) is 11.0 Å². The molecule has 128 valence electrons. The molecule has 1 aliphatic rings. The summed E-state index contributed by atoms with van der Waals surface area (Å²) < 4.78 is 39.0. The van der Waals surface area contributed by atoms with Gasteiger partial charge in [0.15, 0.2) is 0 Å². The average molecular weight is 328 g/mol. The molecule has 0 saturated carbocycles. The molecule has 23 heavy (non-hydrogen) atoms. The van der Waals surface area contributed by atoms with Crippen LogP contribution in [0.15, 0.2) is 24.3 Å². The van der Waals surface area contributed by atoms with Gasteiger partial charge < -0.3 is 10.6 Å². The highest BCUT2D eigenvalue weighted by molar-refractivity contribution is 5.76. The van der Waals surface area contributed by atoms with Crippen LogP contribution in [-0.4, -0.2) is 25.5 Å². The third-order valence-corrected chi connectivity index (χ3v) is 4.33. The van der Waals surface area contributed by atoms with Gasteiger partial charge in [-0.15, -0.1) is 0 Å². The second-order valence-corrected chi connectivity index (χ2v) is 6.19. The van der Waals surface area contributed by atoms with E-state index in [0.29, 0.717) is 12.5 Å². The fourth-order valence-corrected chi connectivity index (χ4v) is 3.02. The van der Waals surface area contributed by atoms with Crippen molar-refractivity contribution in [3.8, 4) is 0 Å². The quantitative estimate of drug-likeness (QED) is 0.841. The average Bonchev–Trinajstić information content (AvgIpc) is 2.99. The molecular formula is C17H23F3N2O. The second-order valence-electron chi connectivity index (χ2n) is 6.19. The van der Waals surface area contributed by atoms with Crippen molar-refractivity contribution in [2.75, 3.05) is 19.6 Å². The zero-order valence-corrected chi connectivity index (χ0v) is 13.2. The van der Waals surface area contributed by atoms with Gasteiger partial charge in [0, 0.05) is 13.0 Å². The maximum Gasteiger partial charge on any atom is 0.416 e. The van der Waals surface area contributed by atoms with Crippen molar-refractivity contribution in [1.29, 1.82) is 0 Å². The zero-order chi connectivity index (χ0) is 16.9. The normalized spacial score (nSPS) is 19.6. The molecule has 1 aliphatic heterocycles. The summed E-state index contributed by atoms with van der Waals surface area (Å²) in [4.78, 5) is 12.0. The van der Waals surface area contributed by atoms with Gasteiger partial charge in [0.1, 0.15) is 0 Å². The van der Waals surface area contributed by atoms with E-state index < -0.39 is 17.7 Å². The minimum Gasteiger partial charge on any atom is -0.356 e. The molecule has 6 heteroatoms. The lowest BCUT2D eigenvalue weighted by atomic mass is 9.92. The molecule has 0 spiro atoms. The molecule has 1 amide bonds. The Morgan fingerprint density at radius 2 is 2.13 bits per heavy atom. The minimum atomic E-state index is -4.39. The Morgan fingerprint density at radius 1 is 1.39 bits per heavy atom. The number of rotatable bonds is 6. The SMILES string of the molecule is CC(CC(=O)NCCC1CCNC1)c1ccccc1C(F)(F)F. The summed E-state index contributed by atoms with van der Waals surface area (Å²) in [7, 11) is 0. The minimum absolute atomic E-state index is 0.0655. The highest BCUT2D eigenvalue weighted by Gasteiger charge is 2.34. The molecule has 1 aromatic carbocycles. The predicted molar refractivity (Wildman–Crippen MR) is 83.1 cm³/mol. The number of benzene rings is 1. The molecule has 2 atom stereocenters. The Morgan fingerprint density at radius 3 is 2.78 bits per heavy atom. The Balaban J connectivity index is 1.86. The molecular weight excluding hydrogens is 305 g/mol. The van der Waals surface area contributed by atoms with Crippen molar-refractivity contribution in [3.63, 3.8) is 0 Å². The molecule has 1 heterocycles. The monoisotopic (exact) mass is 328 g/mol. The molecule has 1 saturated heterocycles. The fourth-order valence-electron chi connectivity index (χ4n) is 3.02. The highest BCUT2D eigenvalue weighted by Crippen LogP contribution is 2.35. The lowest BCUT2D eigenvalue weighted by Crippen LogP contribution is -2.27. The highest BCUT2D eigenvalue weighted by atomic mass is 19.4. The number of carbonyl (C=O) groups excluding carboxylic acids is 1. The van der Waals surface area contributed by atoms with Gasteiger partial charge in [-0.05, 0) is 49.4 Å². The number of hydrogen-bond donors (Lipinski definition) is 2. The third kappa shape index (κ3) is 5.23. The number of halogens is 3. The first-order valence-electron chi connectivity index (χ1n) is 8.01. The molecule has 2 unspecified atom stereocenters. The van der Waals surface area contributed by atoms with E-state index in [-0.39, 0.29) is 17.9 Å². The van der Waals surface area contributed by atoms with Crippen molar-refractivity contribution in [3.05, 3.63) is 35.4 Å². The molecule has 0 aliphatic carbocycles. The fraction of sp³-hybridized carbons (Fsp3) is 0.588. The summed E-state index contributed by atoms with van der Waals surface area (Å²) in [5.74, 6) is -0.0833. The summed E-state index contributed by atoms with van der Waals surface area (Å²) >= 11 is 0. The van der Waals surface area contributed by atoms with E-state index in [9.17, 15) is 18.0 Å². The lowest BCUT2D eigenvalue weighted by molar-refractivity contribution is -0.138. The molecule has 0 aromatic heterocycles. The van der Waals surface area contributed by atoms with Crippen LogP contribution >= 0.6 is 0 Å². The standard InChI is InChI=1S/C17H23F3N2O/c1-12(14-4-2-3-5-15(14)17(18,19)20)10-16(23)22-9-7-13-6-8-21-11-13/h2-5,12-13,21H,6-11H2,1H3,(H,22,23). The third-order valence-electron chi connectivity index (χ3n) is 4.33. The van der Waals surface area contributed by atoms with E-state index in [0.717, 1.165) is 32.0 Å². The first-order valence-corrected chi connectivity index (χ1v) is 8.01. The molecule has 2 N–H and O–H groups in total. The van der Waals surface area contributed by atoms with E-state index in [1.165, 1.54) is 12.1 Å². The summed E-state index contributed by atoms with van der Waals surface area (Å²) in [6.45, 7) is 4.24. The van der Waals surface area contributed by atoms with Crippen LogP contribution in [0.4, 0.5) is 13.2 Å². The summed E-state index contributed by atoms with van der Waals surface area (Å²) in [6.07, 6.45) is -2.30. The Kier molecular flexibility index (Phi) is 6.04. The van der Waals surface area contributed by atoms with E-state index >= 15 is 0 Å². The zero-order valence-electron chi connectivity index (χ0n) is 13.2. The van der Waals surface area contributed by atoms with Gasteiger partial charge in [-0.25, -0.2) is 0 Å². The number of amides is 1. The topological polar surface area (TPSA) is 41.1 Å². The first-order chi connectivity index (χ1) is 10.9. The largest absolute Gasteiger partial charge is 0.416 e. The maximum absolute atomic E-state index is 13.0. The Labute approximate surface area is 134 Å². The molecule has 1 fully saturated rings. The van der Waals surface area contributed by atoms with Crippen molar-refractivity contribution in [2.24, 2.45) is 5.92 Å². The smallest absolute Gasteiger partial charge is 0.356 e. The first kappa shape index (κ1) is 17.8. The van der Waals surface area contributed by atoms with Crippen LogP contribution in [0.5, 0.6) is 0 Å². The van der Waals surface area contributed by atoms with Crippen LogP contribution in [0.25, 0.3) is 0 Å². The van der Waals surface area contributed by atoms with Gasteiger partial charge in [0.05, 0.1) is 5.56 Å². The number of hydrogen-bond acceptors (Lipinski definition) is 2. The molecule has 3 nitrogen and oxygen atoms in total. The maximum atomic E-state index is 13.0. The summed E-state index contributed by atoms with van der Waals surface area (Å²) in [5.41, 5.74) is -0.479. The molecule has 1 aromatic rings. The van der Waals surface area contributed by atoms with E-state index in [2.05, 4.69) is 10.6 Å². The van der Waals surface area contributed by atoms with Crippen LogP contribution < -0.4 is 10.6 Å². The number of carbonyl (C=O) groups is 1. The van der Waals surface area contributed by atoms with Gasteiger partial charge in [-0.1, -0.05) is 25.1 Å². The van der Waals surface area contributed by atoms with E-state index in [1.54, 1.807) is 13.0 Å². The Bertz CT molecular complexity index is 525. The van der Waals surface area contributed by atoms with Crippen LogP contribution in [0.1, 0.15) is 43.2 Å². The van der Waals surface area contributed by atoms with Crippen LogP contribution in [0, 0.1) is 5.92 Å². The van der Waals surface area contributed by atoms with Gasteiger partial charge in [0.25, 0.3) is 0 Å². The van der Waals surface area contributed by atoms with Gasteiger partial charge in [-0.3, -0.25) is 4.79 Å². The van der Waals surface area contributed by atoms with Crippen molar-refractivity contribution < 1.29 is 18.0 Å². The van der Waals surface area contributed by atoms with Gasteiger partial charge in [0.2, 0.25) is 5.91 Å². The van der Waals surface area contributed by atoms with Crippen LogP contribution in [0.3, 0.4) is 0 Å². The number of nitrogens with one attached hydrogen (secondary N) is 2. The summed E-state index contributed by atoms with van der Waals surface area (Å²) in [6, 6.07) is 5.46. The number of alkyl halides is 3. The van der Waals surface area contributed by atoms with Crippen molar-refractivity contribution in [1.82, 2.24) is 10.6 Å². The van der Waals surface area contributed by atoms with Crippen molar-refractivity contribution >= 4 is 5.91 Å². The van der Waals surface area contributed by atoms with Crippen molar-refractivity contribution in [2.45, 2.75) is 38.3 Å². The second kappa shape index (κ2) is 7.81. The van der Waals surface area contributed by atoms with E-state index in [1.807, 2.05) is 0 Å². The van der Waals surface area contributed by atoms with Crippen LogP contribution in [0.2, 0.25) is 0 Å². The predicted octanol–water partition coefficient (Wildman–Crippen LogP) is 3.31. The molecule has 0 radical (unpaired) electrons. The lowest BCUT2D eigenvalue weighted by Gasteiger charge is -2.18. The molecule has 0 bridgehead atoms. The summed E-state index contributed by atoms with van der Waals surface area (Å²) in [5, 5.41) is 6.09.